The number of hydrogen-bond donors (Lipinski definition) is 3. The molecule has 0 aliphatic heterocycles. The first-order chi connectivity index (χ1) is 19.2. The molecule has 2 aromatic carbocycles. The van der Waals surface area contributed by atoms with Crippen LogP contribution in [0.25, 0.3) is 22.4 Å². The Kier molecular flexibility index (Phi) is 6.21. The van der Waals surface area contributed by atoms with E-state index in [-0.39, 0.29) is 29.8 Å². The Morgan fingerprint density at radius 1 is 1.05 bits per heavy atom. The summed E-state index contributed by atoms with van der Waals surface area (Å²) in [6, 6.07) is 11.5. The van der Waals surface area contributed by atoms with Gasteiger partial charge in [0.2, 0.25) is 5.82 Å². The van der Waals surface area contributed by atoms with Crippen LogP contribution in [0.2, 0.25) is 0 Å². The fourth-order valence-corrected chi connectivity index (χ4v) is 4.55. The van der Waals surface area contributed by atoms with Crippen LogP contribution in [-0.4, -0.2) is 42.1 Å². The third-order valence-corrected chi connectivity index (χ3v) is 6.54. The molecule has 11 nitrogen and oxygen atoms in total. The highest BCUT2D eigenvalue weighted by molar-refractivity contribution is 5.97. The molecule has 0 saturated heterocycles. The normalized spacial score (nSPS) is 14.7. The van der Waals surface area contributed by atoms with Crippen LogP contribution in [0.5, 0.6) is 0 Å². The van der Waals surface area contributed by atoms with Gasteiger partial charge in [-0.1, -0.05) is 23.4 Å². The van der Waals surface area contributed by atoms with Gasteiger partial charge in [0.25, 0.3) is 11.8 Å². The molecule has 3 aromatic heterocycles. The van der Waals surface area contributed by atoms with Crippen molar-refractivity contribution in [3.05, 3.63) is 88.9 Å². The Balaban J connectivity index is 1.11. The predicted octanol–water partition coefficient (Wildman–Crippen LogP) is 3.77. The molecule has 2 amide bonds. The number of benzene rings is 2. The summed E-state index contributed by atoms with van der Waals surface area (Å²) in [5, 5.41) is 15.8. The Hall–Kier alpha value is -5.14. The Morgan fingerprint density at radius 2 is 1.88 bits per heavy atom. The van der Waals surface area contributed by atoms with Gasteiger partial charge in [-0.05, 0) is 47.7 Å². The van der Waals surface area contributed by atoms with Gasteiger partial charge in [-0.25, -0.2) is 15.0 Å². The summed E-state index contributed by atoms with van der Waals surface area (Å²) in [5.74, 6) is -2.20. The van der Waals surface area contributed by atoms with Crippen LogP contribution in [0.4, 0.5) is 13.2 Å². The number of halogens is 3. The fraction of sp³-hybridized carbons (Fsp3) is 0.192. The molecule has 0 unspecified atom stereocenters. The van der Waals surface area contributed by atoms with Crippen molar-refractivity contribution >= 4 is 22.8 Å². The van der Waals surface area contributed by atoms with Crippen LogP contribution in [0, 0.1) is 0 Å². The van der Waals surface area contributed by atoms with Crippen molar-refractivity contribution in [1.29, 1.82) is 0 Å². The number of aryl methyl sites for hydroxylation is 1. The summed E-state index contributed by atoms with van der Waals surface area (Å²) >= 11 is 0. The number of amides is 2. The highest BCUT2D eigenvalue weighted by Crippen LogP contribution is 2.34. The molecule has 0 spiro atoms. The molecule has 0 fully saturated rings. The van der Waals surface area contributed by atoms with Gasteiger partial charge in [0, 0.05) is 23.6 Å². The third-order valence-electron chi connectivity index (χ3n) is 6.54. The molecule has 0 saturated carbocycles. The van der Waals surface area contributed by atoms with Gasteiger partial charge in [-0.15, -0.1) is 0 Å². The molecule has 3 N–H and O–H groups in total. The van der Waals surface area contributed by atoms with Gasteiger partial charge < -0.3 is 15.2 Å². The molecule has 3 heterocycles. The van der Waals surface area contributed by atoms with Gasteiger partial charge in [0.1, 0.15) is 17.7 Å². The van der Waals surface area contributed by atoms with Crippen molar-refractivity contribution in [1.82, 2.24) is 40.9 Å². The lowest BCUT2D eigenvalue weighted by Gasteiger charge is -2.14. The Morgan fingerprint density at radius 3 is 2.67 bits per heavy atom. The second-order valence-corrected chi connectivity index (χ2v) is 9.15. The number of hydrogen-bond acceptors (Lipinski definition) is 8. The molecule has 1 atom stereocenters. The van der Waals surface area contributed by atoms with E-state index in [0.29, 0.717) is 24.0 Å². The standard InChI is InChI=1S/C26H19F3N8O3/c27-26(28,29)25-35-22(36-37-25)15-3-5-17-14(8-15)4-6-18(17)34-24(39)20-9-19(31-12-32-20)23(38)30-10-13-1-2-16-11-33-40-21(16)7-13/h1-3,5,7-9,11-12,18H,4,6,10H2,(H,30,38)(H,34,39)(H,35,36,37)/t18-/m1/s1. The zero-order chi connectivity index (χ0) is 27.9. The van der Waals surface area contributed by atoms with Gasteiger partial charge in [0.15, 0.2) is 11.4 Å². The van der Waals surface area contributed by atoms with Gasteiger partial charge >= 0.3 is 6.18 Å². The first-order valence-corrected chi connectivity index (χ1v) is 12.1. The fourth-order valence-electron chi connectivity index (χ4n) is 4.55. The van der Waals surface area contributed by atoms with E-state index < -0.39 is 23.8 Å². The second kappa shape index (κ2) is 9.87. The topological polar surface area (TPSA) is 152 Å². The van der Waals surface area contributed by atoms with E-state index in [1.165, 1.54) is 6.07 Å². The lowest BCUT2D eigenvalue weighted by molar-refractivity contribution is -0.144. The molecule has 14 heteroatoms. The molecular formula is C26H19F3N8O3. The largest absolute Gasteiger partial charge is 0.451 e. The number of rotatable bonds is 6. The summed E-state index contributed by atoms with van der Waals surface area (Å²) in [7, 11) is 0. The lowest BCUT2D eigenvalue weighted by atomic mass is 10.0. The lowest BCUT2D eigenvalue weighted by Crippen LogP contribution is -2.29. The average molecular weight is 548 g/mol. The second-order valence-electron chi connectivity index (χ2n) is 9.15. The van der Waals surface area contributed by atoms with E-state index in [2.05, 4.69) is 35.8 Å². The molecule has 40 heavy (non-hydrogen) atoms. The summed E-state index contributed by atoms with van der Waals surface area (Å²) in [5.41, 5.74) is 3.59. The highest BCUT2D eigenvalue weighted by atomic mass is 19.4. The number of nitrogens with one attached hydrogen (secondary N) is 3. The minimum absolute atomic E-state index is 0.0219. The van der Waals surface area contributed by atoms with Crippen LogP contribution in [0.15, 0.2) is 59.5 Å². The number of carbonyl (C=O) groups excluding carboxylic acids is 2. The maximum Gasteiger partial charge on any atom is 0.451 e. The maximum absolute atomic E-state index is 13.0. The zero-order valence-electron chi connectivity index (χ0n) is 20.5. The Labute approximate surface area is 223 Å². The van der Waals surface area contributed by atoms with Crippen molar-refractivity contribution in [3.63, 3.8) is 0 Å². The number of aromatic amines is 1. The first kappa shape index (κ1) is 25.2. The maximum atomic E-state index is 13.0. The van der Waals surface area contributed by atoms with E-state index in [0.717, 1.165) is 28.4 Å². The van der Waals surface area contributed by atoms with Crippen molar-refractivity contribution in [2.24, 2.45) is 0 Å². The number of aromatic nitrogens is 6. The van der Waals surface area contributed by atoms with Crippen molar-refractivity contribution in [3.8, 4) is 11.4 Å². The van der Waals surface area contributed by atoms with E-state index in [9.17, 15) is 22.8 Å². The van der Waals surface area contributed by atoms with Crippen molar-refractivity contribution in [2.75, 3.05) is 0 Å². The van der Waals surface area contributed by atoms with Crippen LogP contribution < -0.4 is 10.6 Å². The van der Waals surface area contributed by atoms with Gasteiger partial charge in [0.05, 0.1) is 12.2 Å². The van der Waals surface area contributed by atoms with Crippen LogP contribution in [-0.2, 0) is 19.1 Å². The predicted molar refractivity (Wildman–Crippen MR) is 133 cm³/mol. The zero-order valence-corrected chi connectivity index (χ0v) is 20.5. The summed E-state index contributed by atoms with van der Waals surface area (Å²) < 4.78 is 43.7. The van der Waals surface area contributed by atoms with Gasteiger partial charge in [-0.2, -0.15) is 18.3 Å². The van der Waals surface area contributed by atoms with Crippen LogP contribution >= 0.6 is 0 Å². The summed E-state index contributed by atoms with van der Waals surface area (Å²) in [6.45, 7) is 0.215. The van der Waals surface area contributed by atoms with Crippen LogP contribution in [0.1, 0.15) is 56.0 Å². The highest BCUT2D eigenvalue weighted by Gasteiger charge is 2.35. The molecule has 6 rings (SSSR count). The minimum atomic E-state index is -4.62. The van der Waals surface area contributed by atoms with E-state index in [1.807, 2.05) is 17.2 Å². The average Bonchev–Trinajstić information content (AvgIpc) is 3.71. The molecule has 1 aliphatic carbocycles. The van der Waals surface area contributed by atoms with Crippen molar-refractivity contribution < 1.29 is 27.3 Å². The van der Waals surface area contributed by atoms with Crippen LogP contribution in [0.3, 0.4) is 0 Å². The minimum Gasteiger partial charge on any atom is -0.356 e. The van der Waals surface area contributed by atoms with Gasteiger partial charge in [-0.3, -0.25) is 14.7 Å². The number of fused-ring (bicyclic) bond motifs is 2. The van der Waals surface area contributed by atoms with Crippen molar-refractivity contribution in [2.45, 2.75) is 31.6 Å². The number of H-pyrrole nitrogens is 1. The number of nitrogens with zero attached hydrogens (tertiary/aromatic N) is 5. The first-order valence-electron chi connectivity index (χ1n) is 12.1. The number of alkyl halides is 3. The molecule has 0 bridgehead atoms. The smallest absolute Gasteiger partial charge is 0.356 e. The SMILES string of the molecule is O=C(NCc1ccc2cnoc2c1)c1cc(C(=O)N[C@@H]2CCc3cc(-c4n[nH]c(C(F)(F)F)n4)ccc32)ncn1. The third kappa shape index (κ3) is 4.98. The van der Waals surface area contributed by atoms with E-state index in [4.69, 9.17) is 4.52 Å². The summed E-state index contributed by atoms with van der Waals surface area (Å²) in [6.07, 6.45) is -0.694. The quantitative estimate of drug-likeness (QED) is 0.290. The molecule has 202 valence electrons. The monoisotopic (exact) mass is 548 g/mol. The Bertz CT molecular complexity index is 1750. The molecular weight excluding hydrogens is 529 g/mol. The molecule has 1 aliphatic rings. The van der Waals surface area contributed by atoms with E-state index >= 15 is 0 Å². The molecule has 0 radical (unpaired) electrons. The number of carbonyl (C=O) groups is 2. The summed E-state index contributed by atoms with van der Waals surface area (Å²) in [4.78, 5) is 37.2. The molecule has 5 aromatic rings. The van der Waals surface area contributed by atoms with E-state index in [1.54, 1.807) is 30.5 Å².